The number of hydrogen-bond acceptors (Lipinski definition) is 6. The quantitative estimate of drug-likeness (QED) is 0.348. The molecule has 0 saturated heterocycles. The topological polar surface area (TPSA) is 91.6 Å². The Morgan fingerprint density at radius 3 is 2.30 bits per heavy atom. The molecule has 0 atom stereocenters. The molecule has 5 rings (SSSR count). The molecule has 2 aromatic heterocycles. The van der Waals surface area contributed by atoms with Gasteiger partial charge in [0.2, 0.25) is 5.91 Å². The molecular formula is C27H22FN3O5S. The van der Waals surface area contributed by atoms with Crippen LogP contribution in [0.2, 0.25) is 0 Å². The summed E-state index contributed by atoms with van der Waals surface area (Å²) in [4.78, 5) is 40.2. The van der Waals surface area contributed by atoms with Crippen LogP contribution in [0.1, 0.15) is 5.56 Å². The smallest absolute Gasteiger partial charge is 0.332 e. The Balaban J connectivity index is 1.61. The number of methoxy groups -OCH3 is 2. The van der Waals surface area contributed by atoms with Crippen LogP contribution in [0.3, 0.4) is 0 Å². The van der Waals surface area contributed by atoms with Gasteiger partial charge in [-0.15, -0.1) is 11.3 Å². The van der Waals surface area contributed by atoms with Gasteiger partial charge in [0.05, 0.1) is 26.3 Å². The first-order chi connectivity index (χ1) is 17.9. The average Bonchev–Trinajstić information content (AvgIpc) is 3.29. The number of rotatable bonds is 7. The molecule has 3 aromatic carbocycles. The number of thiophene rings is 1. The van der Waals surface area contributed by atoms with Gasteiger partial charge in [0.25, 0.3) is 5.56 Å². The molecule has 1 N–H and O–H groups in total. The van der Waals surface area contributed by atoms with Crippen LogP contribution in [-0.4, -0.2) is 29.3 Å². The van der Waals surface area contributed by atoms with Crippen molar-refractivity contribution in [3.63, 3.8) is 0 Å². The van der Waals surface area contributed by atoms with E-state index in [9.17, 15) is 18.8 Å². The highest BCUT2D eigenvalue weighted by atomic mass is 32.1. The van der Waals surface area contributed by atoms with Crippen molar-refractivity contribution in [1.82, 2.24) is 9.13 Å². The van der Waals surface area contributed by atoms with Crippen molar-refractivity contribution in [2.75, 3.05) is 19.5 Å². The number of halogens is 1. The molecule has 2 heterocycles. The lowest BCUT2D eigenvalue weighted by Crippen LogP contribution is -2.41. The van der Waals surface area contributed by atoms with Crippen LogP contribution in [0, 0.1) is 5.82 Å². The Labute approximate surface area is 214 Å². The molecule has 8 nitrogen and oxygen atoms in total. The van der Waals surface area contributed by atoms with Gasteiger partial charge in [0, 0.05) is 34.0 Å². The van der Waals surface area contributed by atoms with Crippen LogP contribution >= 0.6 is 11.3 Å². The number of hydrogen-bond donors (Lipinski definition) is 1. The lowest BCUT2D eigenvalue weighted by Gasteiger charge is -2.14. The summed E-state index contributed by atoms with van der Waals surface area (Å²) < 4.78 is 27.5. The summed E-state index contributed by atoms with van der Waals surface area (Å²) in [6.07, 6.45) is 0. The first-order valence-corrected chi connectivity index (χ1v) is 12.1. The molecule has 37 heavy (non-hydrogen) atoms. The maximum absolute atomic E-state index is 13.6. The first-order valence-electron chi connectivity index (χ1n) is 11.3. The second kappa shape index (κ2) is 9.90. The molecule has 10 heteroatoms. The van der Waals surface area contributed by atoms with Gasteiger partial charge in [-0.1, -0.05) is 30.3 Å². The van der Waals surface area contributed by atoms with Gasteiger partial charge in [0.1, 0.15) is 28.6 Å². The van der Waals surface area contributed by atoms with Crippen LogP contribution < -0.4 is 26.0 Å². The van der Waals surface area contributed by atoms with Crippen LogP contribution in [-0.2, 0) is 17.9 Å². The predicted molar refractivity (Wildman–Crippen MR) is 142 cm³/mol. The maximum atomic E-state index is 13.6. The number of carbonyl (C=O) groups is 1. The predicted octanol–water partition coefficient (Wildman–Crippen LogP) is 4.22. The Kier molecular flexibility index (Phi) is 6.49. The Hall–Kier alpha value is -4.44. The van der Waals surface area contributed by atoms with Crippen LogP contribution in [0.4, 0.5) is 10.1 Å². The van der Waals surface area contributed by atoms with Crippen molar-refractivity contribution in [2.45, 2.75) is 13.1 Å². The number of anilines is 1. The lowest BCUT2D eigenvalue weighted by atomic mass is 10.2. The van der Waals surface area contributed by atoms with Crippen LogP contribution in [0.25, 0.3) is 20.3 Å². The van der Waals surface area contributed by atoms with Crippen LogP contribution in [0.15, 0.2) is 76.3 Å². The summed E-state index contributed by atoms with van der Waals surface area (Å²) >= 11 is 1.26. The standard InChI is InChI=1S/C27H22FN3O5S/c1-35-19-11-18(12-20(13-19)36-2)29-23(32)15-30-24-21-5-3-4-6-22(21)37-25(24)26(33)31(27(30)34)14-16-7-9-17(28)10-8-16/h3-13H,14-15H2,1-2H3,(H,29,32). The van der Waals surface area contributed by atoms with E-state index in [1.54, 1.807) is 18.2 Å². The monoisotopic (exact) mass is 519 g/mol. The zero-order valence-electron chi connectivity index (χ0n) is 20.0. The molecule has 0 bridgehead atoms. The number of benzene rings is 3. The molecule has 0 radical (unpaired) electrons. The van der Waals surface area contributed by atoms with Gasteiger partial charge in [-0.25, -0.2) is 9.18 Å². The molecule has 0 spiro atoms. The molecule has 0 unspecified atom stereocenters. The van der Waals surface area contributed by atoms with E-state index in [2.05, 4.69) is 5.32 Å². The minimum absolute atomic E-state index is 0.0587. The van der Waals surface area contributed by atoms with E-state index >= 15 is 0 Å². The van der Waals surface area contributed by atoms with E-state index in [0.717, 1.165) is 9.27 Å². The Morgan fingerprint density at radius 2 is 1.62 bits per heavy atom. The second-order valence-corrected chi connectivity index (χ2v) is 9.36. The van der Waals surface area contributed by atoms with Crippen molar-refractivity contribution in [1.29, 1.82) is 0 Å². The lowest BCUT2D eigenvalue weighted by molar-refractivity contribution is -0.116. The van der Waals surface area contributed by atoms with Crippen molar-refractivity contribution < 1.29 is 18.7 Å². The molecule has 5 aromatic rings. The number of nitrogens with zero attached hydrogens (tertiary/aromatic N) is 2. The number of amides is 1. The summed E-state index contributed by atoms with van der Waals surface area (Å²) in [5, 5.41) is 3.49. The highest BCUT2D eigenvalue weighted by Crippen LogP contribution is 2.31. The van der Waals surface area contributed by atoms with E-state index in [-0.39, 0.29) is 13.1 Å². The third kappa shape index (κ3) is 4.70. The highest BCUT2D eigenvalue weighted by Gasteiger charge is 2.20. The first kappa shape index (κ1) is 24.3. The van der Waals surface area contributed by atoms with Gasteiger partial charge >= 0.3 is 5.69 Å². The maximum Gasteiger partial charge on any atom is 0.332 e. The summed E-state index contributed by atoms with van der Waals surface area (Å²) in [6.45, 7) is -0.393. The van der Waals surface area contributed by atoms with E-state index in [1.807, 2.05) is 24.3 Å². The highest BCUT2D eigenvalue weighted by molar-refractivity contribution is 7.25. The van der Waals surface area contributed by atoms with E-state index in [1.165, 1.54) is 54.4 Å². The second-order valence-electron chi connectivity index (χ2n) is 8.31. The van der Waals surface area contributed by atoms with Crippen molar-refractivity contribution in [3.8, 4) is 11.5 Å². The zero-order valence-corrected chi connectivity index (χ0v) is 20.8. The van der Waals surface area contributed by atoms with E-state index < -0.39 is 23.0 Å². The summed E-state index contributed by atoms with van der Waals surface area (Å²) in [7, 11) is 3.01. The van der Waals surface area contributed by atoms with Crippen molar-refractivity contribution in [2.24, 2.45) is 0 Å². The number of nitrogens with one attached hydrogen (secondary N) is 1. The van der Waals surface area contributed by atoms with E-state index in [0.29, 0.717) is 38.4 Å². The molecule has 0 aliphatic carbocycles. The Morgan fingerprint density at radius 1 is 0.946 bits per heavy atom. The SMILES string of the molecule is COc1cc(NC(=O)Cn2c(=O)n(Cc3ccc(F)cc3)c(=O)c3sc4ccccc4c32)cc(OC)c1. The van der Waals surface area contributed by atoms with E-state index in [4.69, 9.17) is 9.47 Å². The van der Waals surface area contributed by atoms with Crippen molar-refractivity contribution in [3.05, 3.63) is 98.9 Å². The third-order valence-electron chi connectivity index (χ3n) is 5.93. The van der Waals surface area contributed by atoms with Crippen molar-refractivity contribution >= 4 is 43.2 Å². The molecule has 0 aliphatic rings. The molecule has 0 fully saturated rings. The molecule has 1 amide bonds. The molecule has 0 saturated carbocycles. The fourth-order valence-electron chi connectivity index (χ4n) is 4.18. The minimum Gasteiger partial charge on any atom is -0.497 e. The van der Waals surface area contributed by atoms with Gasteiger partial charge in [-0.05, 0) is 23.8 Å². The Bertz CT molecular complexity index is 1730. The van der Waals surface area contributed by atoms with Gasteiger partial charge in [0.15, 0.2) is 0 Å². The molecule has 188 valence electrons. The largest absolute Gasteiger partial charge is 0.497 e. The number of aromatic nitrogens is 2. The molecular weight excluding hydrogens is 497 g/mol. The number of ether oxygens (including phenoxy) is 2. The fourth-order valence-corrected chi connectivity index (χ4v) is 5.33. The van der Waals surface area contributed by atoms with Crippen LogP contribution in [0.5, 0.6) is 11.5 Å². The van der Waals surface area contributed by atoms with Gasteiger partial charge < -0.3 is 14.8 Å². The van der Waals surface area contributed by atoms with Gasteiger partial charge in [-0.3, -0.25) is 18.7 Å². The minimum atomic E-state index is -0.635. The average molecular weight is 520 g/mol. The third-order valence-corrected chi connectivity index (χ3v) is 7.08. The number of fused-ring (bicyclic) bond motifs is 3. The summed E-state index contributed by atoms with van der Waals surface area (Å²) in [5.74, 6) is 0.0945. The summed E-state index contributed by atoms with van der Waals surface area (Å²) in [6, 6.07) is 17.9. The normalized spacial score (nSPS) is 11.1. The fraction of sp³-hybridized carbons (Fsp3) is 0.148. The molecule has 0 aliphatic heterocycles. The summed E-state index contributed by atoms with van der Waals surface area (Å²) in [5.41, 5.74) is 0.327. The zero-order chi connectivity index (χ0) is 26.1. The van der Waals surface area contributed by atoms with Gasteiger partial charge in [-0.2, -0.15) is 0 Å². The number of carbonyl (C=O) groups excluding carboxylic acids is 1.